The molecule has 0 amide bonds. The summed E-state index contributed by atoms with van der Waals surface area (Å²) in [5.41, 5.74) is 0.734. The van der Waals surface area contributed by atoms with Crippen LogP contribution in [0.15, 0.2) is 4.73 Å². The fraction of sp³-hybridized carbons (Fsp3) is 0.778. The summed E-state index contributed by atoms with van der Waals surface area (Å²) < 4.78 is 4.88. The summed E-state index contributed by atoms with van der Waals surface area (Å²) in [5, 5.41) is 1.17. The highest BCUT2D eigenvalue weighted by atomic mass is 79.9. The van der Waals surface area contributed by atoms with Gasteiger partial charge in [-0.1, -0.05) is 27.7 Å². The van der Waals surface area contributed by atoms with Gasteiger partial charge in [-0.2, -0.15) is 4.37 Å². The molecule has 0 unspecified atom stereocenters. The van der Waals surface area contributed by atoms with Gasteiger partial charge in [-0.15, -0.1) is 0 Å². The van der Waals surface area contributed by atoms with Crippen LogP contribution in [0.1, 0.15) is 38.6 Å². The van der Waals surface area contributed by atoms with E-state index in [4.69, 9.17) is 0 Å². The van der Waals surface area contributed by atoms with Crippen LogP contribution in [0.4, 0.5) is 0 Å². The van der Waals surface area contributed by atoms with E-state index >= 15 is 0 Å². The molecule has 0 radical (unpaired) electrons. The van der Waals surface area contributed by atoms with E-state index in [0.29, 0.717) is 16.7 Å². The second kappa shape index (κ2) is 2.54. The maximum Gasteiger partial charge on any atom is 0.209 e. The number of hydrogen-bond donors (Lipinski definition) is 0. The number of hydrogen-bond acceptors (Lipinski definition) is 3. The van der Waals surface area contributed by atoms with Crippen LogP contribution >= 0.6 is 27.5 Å². The van der Waals surface area contributed by atoms with Crippen molar-refractivity contribution in [3.8, 4) is 0 Å². The van der Waals surface area contributed by atoms with Crippen LogP contribution in [0.2, 0.25) is 0 Å². The van der Waals surface area contributed by atoms with E-state index in [-0.39, 0.29) is 0 Å². The summed E-state index contributed by atoms with van der Waals surface area (Å²) >= 11 is 4.81. The average Bonchev–Trinajstić information content (AvgIpc) is 2.32. The van der Waals surface area contributed by atoms with Crippen molar-refractivity contribution in [2.24, 2.45) is 10.8 Å². The van der Waals surface area contributed by atoms with E-state index in [2.05, 4.69) is 53.0 Å². The van der Waals surface area contributed by atoms with Gasteiger partial charge < -0.3 is 0 Å². The van der Waals surface area contributed by atoms with E-state index in [9.17, 15) is 0 Å². The Morgan fingerprint density at radius 1 is 1.23 bits per heavy atom. The largest absolute Gasteiger partial charge is 0.214 e. The van der Waals surface area contributed by atoms with Crippen LogP contribution in [-0.4, -0.2) is 9.36 Å². The molecule has 13 heavy (non-hydrogen) atoms. The molecule has 0 atom stereocenters. The Labute approximate surface area is 91.1 Å². The van der Waals surface area contributed by atoms with Crippen molar-refractivity contribution in [1.82, 2.24) is 9.36 Å². The van der Waals surface area contributed by atoms with Crippen LogP contribution < -0.4 is 0 Å². The van der Waals surface area contributed by atoms with Crippen LogP contribution in [0.25, 0.3) is 0 Å². The van der Waals surface area contributed by atoms with Crippen molar-refractivity contribution in [2.45, 2.75) is 33.6 Å². The Balaban J connectivity index is 2.32. The molecule has 0 saturated heterocycles. The molecule has 0 spiro atoms. The molecule has 1 aliphatic carbocycles. The molecule has 0 bridgehead atoms. The minimum atomic E-state index is 0.367. The lowest BCUT2D eigenvalue weighted by Gasteiger charge is -2.03. The third-order valence-corrected chi connectivity index (χ3v) is 5.05. The molecule has 1 fully saturated rings. The van der Waals surface area contributed by atoms with Crippen LogP contribution in [-0.2, 0) is 0 Å². The second-order valence-corrected chi connectivity index (χ2v) is 6.27. The topological polar surface area (TPSA) is 25.8 Å². The number of nitrogens with zero attached hydrogens (tertiary/aromatic N) is 2. The first-order chi connectivity index (χ1) is 5.87. The second-order valence-electron chi connectivity index (χ2n) is 4.78. The third kappa shape index (κ3) is 1.18. The van der Waals surface area contributed by atoms with Crippen molar-refractivity contribution in [1.29, 1.82) is 0 Å². The Morgan fingerprint density at radius 3 is 2.08 bits per heavy atom. The number of aromatic nitrogens is 2. The highest BCUT2D eigenvalue weighted by Gasteiger charge is 2.66. The predicted octanol–water partition coefficient (Wildman–Crippen LogP) is 3.45. The van der Waals surface area contributed by atoms with Crippen LogP contribution in [0, 0.1) is 10.8 Å². The normalized spacial score (nSPS) is 24.7. The molecule has 2 nitrogen and oxygen atoms in total. The zero-order valence-corrected chi connectivity index (χ0v) is 10.7. The molecular weight excluding hydrogens is 248 g/mol. The minimum absolute atomic E-state index is 0.367. The first kappa shape index (κ1) is 9.59. The van der Waals surface area contributed by atoms with Gasteiger partial charge in [-0.05, 0) is 38.3 Å². The summed E-state index contributed by atoms with van der Waals surface area (Å²) in [5.74, 6) is 0.573. The van der Waals surface area contributed by atoms with Crippen molar-refractivity contribution in [2.75, 3.05) is 0 Å². The Bertz CT molecular complexity index is 329. The molecule has 1 aliphatic rings. The molecule has 0 aliphatic heterocycles. The van der Waals surface area contributed by atoms with Crippen LogP contribution in [0.3, 0.4) is 0 Å². The van der Waals surface area contributed by atoms with E-state index < -0.39 is 0 Å². The van der Waals surface area contributed by atoms with E-state index in [1.165, 1.54) is 16.5 Å². The molecule has 0 aromatic carbocycles. The monoisotopic (exact) mass is 260 g/mol. The van der Waals surface area contributed by atoms with E-state index in [1.807, 2.05) is 0 Å². The van der Waals surface area contributed by atoms with Crippen LogP contribution in [0.5, 0.6) is 0 Å². The smallest absolute Gasteiger partial charge is 0.209 e. The van der Waals surface area contributed by atoms with Gasteiger partial charge in [0.25, 0.3) is 0 Å². The lowest BCUT2D eigenvalue weighted by Crippen LogP contribution is -1.95. The van der Waals surface area contributed by atoms with Gasteiger partial charge in [0.05, 0.1) is 0 Å². The van der Waals surface area contributed by atoms with Gasteiger partial charge in [-0.25, -0.2) is 4.98 Å². The summed E-state index contributed by atoms with van der Waals surface area (Å²) in [6.45, 7) is 9.19. The summed E-state index contributed by atoms with van der Waals surface area (Å²) in [7, 11) is 0. The standard InChI is InChI=1S/C9H13BrN2S/c1-8(2)5(9(8,3)4)6-11-7(10)12-13-6/h5H,1-4H3. The summed E-state index contributed by atoms with van der Waals surface area (Å²) in [4.78, 5) is 4.39. The SMILES string of the molecule is CC1(C)C(c2nc(Br)ns2)C1(C)C. The highest BCUT2D eigenvalue weighted by Crippen LogP contribution is 2.73. The zero-order chi connectivity index (χ0) is 9.85. The maximum atomic E-state index is 4.39. The molecule has 0 N–H and O–H groups in total. The molecule has 1 saturated carbocycles. The maximum absolute atomic E-state index is 4.39. The van der Waals surface area contributed by atoms with Crippen molar-refractivity contribution in [3.05, 3.63) is 9.74 Å². The molecule has 1 heterocycles. The van der Waals surface area contributed by atoms with Crippen molar-refractivity contribution in [3.63, 3.8) is 0 Å². The molecule has 1 aromatic heterocycles. The molecule has 4 heteroatoms. The molecule has 2 rings (SSSR count). The van der Waals surface area contributed by atoms with Gasteiger partial charge in [-0.3, -0.25) is 0 Å². The van der Waals surface area contributed by atoms with Gasteiger partial charge in [0.2, 0.25) is 4.73 Å². The lowest BCUT2D eigenvalue weighted by molar-refractivity contribution is 0.457. The summed E-state index contributed by atoms with van der Waals surface area (Å²) in [6, 6.07) is 0. The Morgan fingerprint density at radius 2 is 1.77 bits per heavy atom. The predicted molar refractivity (Wildman–Crippen MR) is 57.9 cm³/mol. The van der Waals surface area contributed by atoms with Crippen molar-refractivity contribution < 1.29 is 0 Å². The zero-order valence-electron chi connectivity index (χ0n) is 8.26. The first-order valence-electron chi connectivity index (χ1n) is 4.36. The van der Waals surface area contributed by atoms with E-state index in [0.717, 1.165) is 4.73 Å². The minimum Gasteiger partial charge on any atom is -0.214 e. The molecule has 72 valence electrons. The first-order valence-corrected chi connectivity index (χ1v) is 5.93. The van der Waals surface area contributed by atoms with Gasteiger partial charge in [0, 0.05) is 5.92 Å². The fourth-order valence-electron chi connectivity index (χ4n) is 2.15. The molecular formula is C9H13BrN2S. The lowest BCUT2D eigenvalue weighted by atomic mass is 10.0. The highest BCUT2D eigenvalue weighted by molar-refractivity contribution is 9.10. The number of halogens is 1. The van der Waals surface area contributed by atoms with Crippen molar-refractivity contribution >= 4 is 27.5 Å². The third-order valence-electron chi connectivity index (χ3n) is 3.68. The number of rotatable bonds is 1. The fourth-order valence-corrected chi connectivity index (χ4v) is 3.70. The average molecular weight is 261 g/mol. The Kier molecular flexibility index (Phi) is 1.87. The van der Waals surface area contributed by atoms with Gasteiger partial charge in [0.15, 0.2) is 0 Å². The van der Waals surface area contributed by atoms with Gasteiger partial charge in [0.1, 0.15) is 5.01 Å². The quantitative estimate of drug-likeness (QED) is 0.773. The summed E-state index contributed by atoms with van der Waals surface area (Å²) in [6.07, 6.45) is 0. The van der Waals surface area contributed by atoms with E-state index in [1.54, 1.807) is 0 Å². The Hall–Kier alpha value is 0.0400. The molecule has 1 aromatic rings. The van der Waals surface area contributed by atoms with Gasteiger partial charge >= 0.3 is 0 Å².